The van der Waals surface area contributed by atoms with Crippen LogP contribution in [0.1, 0.15) is 18.4 Å². The first-order valence-electron chi connectivity index (χ1n) is 5.33. The van der Waals surface area contributed by atoms with E-state index in [1.807, 2.05) is 6.07 Å². The number of hydrogen-bond donors (Lipinski definition) is 2. The van der Waals surface area contributed by atoms with Gasteiger partial charge in [-0.25, -0.2) is 0 Å². The second-order valence-corrected chi connectivity index (χ2v) is 3.55. The third-order valence-corrected chi connectivity index (χ3v) is 2.30. The molecular weight excluding hydrogens is 218 g/mol. The average molecular weight is 233 g/mol. The molecule has 0 spiro atoms. The molecule has 1 unspecified atom stereocenters. The van der Waals surface area contributed by atoms with Crippen LogP contribution in [-0.2, 0) is 9.59 Å². The Morgan fingerprint density at radius 2 is 2.00 bits per heavy atom. The van der Waals surface area contributed by atoms with E-state index in [2.05, 4.69) is 5.32 Å². The predicted molar refractivity (Wildman–Crippen MR) is 64.6 cm³/mol. The zero-order chi connectivity index (χ0) is 12.7. The van der Waals surface area contributed by atoms with E-state index >= 15 is 0 Å². The highest BCUT2D eigenvalue weighted by molar-refractivity contribution is 5.88. The van der Waals surface area contributed by atoms with E-state index < -0.39 is 11.9 Å². The van der Waals surface area contributed by atoms with E-state index in [0.29, 0.717) is 5.56 Å². The van der Waals surface area contributed by atoms with Crippen molar-refractivity contribution in [3.8, 4) is 0 Å². The molecule has 0 fully saturated rings. The number of amides is 1. The predicted octanol–water partition coefficient (Wildman–Crippen LogP) is 1.55. The van der Waals surface area contributed by atoms with Crippen LogP contribution in [0, 0.1) is 0 Å². The Kier molecular flexibility index (Phi) is 4.94. The van der Waals surface area contributed by atoms with Crippen LogP contribution in [0.2, 0.25) is 0 Å². The van der Waals surface area contributed by atoms with Crippen molar-refractivity contribution in [3.05, 3.63) is 48.0 Å². The zero-order valence-corrected chi connectivity index (χ0v) is 9.59. The van der Waals surface area contributed by atoms with Gasteiger partial charge in [0, 0.05) is 6.54 Å². The van der Waals surface area contributed by atoms with E-state index in [-0.39, 0.29) is 12.5 Å². The topological polar surface area (TPSA) is 66.4 Å². The fourth-order valence-corrected chi connectivity index (χ4v) is 1.45. The van der Waals surface area contributed by atoms with Crippen molar-refractivity contribution in [3.63, 3.8) is 0 Å². The molecule has 0 aliphatic heterocycles. The number of carboxylic acids is 1. The van der Waals surface area contributed by atoms with Crippen molar-refractivity contribution < 1.29 is 14.7 Å². The van der Waals surface area contributed by atoms with Gasteiger partial charge in [-0.1, -0.05) is 36.4 Å². The fraction of sp³-hybridized carbons (Fsp3) is 0.231. The van der Waals surface area contributed by atoms with Crippen LogP contribution in [0.5, 0.6) is 0 Å². The van der Waals surface area contributed by atoms with Gasteiger partial charge in [0.2, 0.25) is 5.91 Å². The minimum atomic E-state index is -0.947. The molecule has 0 saturated heterocycles. The summed E-state index contributed by atoms with van der Waals surface area (Å²) in [6, 6.07) is 8.85. The van der Waals surface area contributed by atoms with Gasteiger partial charge < -0.3 is 10.4 Å². The summed E-state index contributed by atoms with van der Waals surface area (Å²) in [7, 11) is 0. The Labute approximate surface area is 100.0 Å². The first-order valence-corrected chi connectivity index (χ1v) is 5.33. The first-order chi connectivity index (χ1) is 8.15. The Morgan fingerprint density at radius 1 is 1.35 bits per heavy atom. The van der Waals surface area contributed by atoms with Crippen molar-refractivity contribution >= 4 is 11.9 Å². The number of rotatable bonds is 5. The van der Waals surface area contributed by atoms with E-state index in [4.69, 9.17) is 5.11 Å². The van der Waals surface area contributed by atoms with Crippen LogP contribution in [0.15, 0.2) is 42.5 Å². The molecule has 1 aromatic carbocycles. The third-order valence-electron chi connectivity index (χ3n) is 2.30. The lowest BCUT2D eigenvalue weighted by atomic mass is 9.99. The largest absolute Gasteiger partial charge is 0.481 e. The summed E-state index contributed by atoms with van der Waals surface area (Å²) in [6.45, 7) is 1.81. The average Bonchev–Trinajstić information content (AvgIpc) is 2.30. The van der Waals surface area contributed by atoms with Gasteiger partial charge in [-0.05, 0) is 18.6 Å². The summed E-state index contributed by atoms with van der Waals surface area (Å²) < 4.78 is 0. The van der Waals surface area contributed by atoms with Crippen LogP contribution in [0.25, 0.3) is 0 Å². The van der Waals surface area contributed by atoms with Crippen LogP contribution in [0.3, 0.4) is 0 Å². The summed E-state index contributed by atoms with van der Waals surface area (Å²) in [5.41, 5.74) is 0.681. The summed E-state index contributed by atoms with van der Waals surface area (Å²) in [6.07, 6.45) is 2.97. The van der Waals surface area contributed by atoms with Gasteiger partial charge in [0.25, 0.3) is 0 Å². The molecule has 90 valence electrons. The Morgan fingerprint density at radius 3 is 2.53 bits per heavy atom. The van der Waals surface area contributed by atoms with E-state index in [1.165, 1.54) is 6.08 Å². The SMILES string of the molecule is CC=CC(=O)NCC(C(=O)O)c1ccccc1. The van der Waals surface area contributed by atoms with Crippen LogP contribution in [-0.4, -0.2) is 23.5 Å². The summed E-state index contributed by atoms with van der Waals surface area (Å²) in [5, 5.41) is 11.7. The highest BCUT2D eigenvalue weighted by Gasteiger charge is 2.19. The number of hydrogen-bond acceptors (Lipinski definition) is 2. The molecule has 0 saturated carbocycles. The van der Waals surface area contributed by atoms with E-state index in [0.717, 1.165) is 0 Å². The molecule has 1 amide bonds. The second-order valence-electron chi connectivity index (χ2n) is 3.55. The lowest BCUT2D eigenvalue weighted by Crippen LogP contribution is -2.30. The van der Waals surface area contributed by atoms with Gasteiger partial charge in [0.1, 0.15) is 0 Å². The molecule has 0 aliphatic carbocycles. The van der Waals surface area contributed by atoms with Crippen molar-refractivity contribution in [2.45, 2.75) is 12.8 Å². The van der Waals surface area contributed by atoms with Crippen molar-refractivity contribution in [1.82, 2.24) is 5.32 Å². The molecule has 0 aromatic heterocycles. The smallest absolute Gasteiger partial charge is 0.312 e. The molecule has 17 heavy (non-hydrogen) atoms. The minimum absolute atomic E-state index is 0.0858. The molecule has 0 heterocycles. The van der Waals surface area contributed by atoms with Crippen LogP contribution in [0.4, 0.5) is 0 Å². The normalized spacial score (nSPS) is 12.3. The highest BCUT2D eigenvalue weighted by Crippen LogP contribution is 2.14. The Hall–Kier alpha value is -2.10. The molecular formula is C13H15NO3. The number of allylic oxidation sites excluding steroid dienone is 1. The number of benzene rings is 1. The van der Waals surface area contributed by atoms with Crippen molar-refractivity contribution in [2.24, 2.45) is 0 Å². The maximum atomic E-state index is 11.2. The van der Waals surface area contributed by atoms with Gasteiger partial charge in [-0.15, -0.1) is 0 Å². The van der Waals surface area contributed by atoms with Gasteiger partial charge in [-0.3, -0.25) is 9.59 Å². The monoisotopic (exact) mass is 233 g/mol. The maximum Gasteiger partial charge on any atom is 0.312 e. The minimum Gasteiger partial charge on any atom is -0.481 e. The number of carbonyl (C=O) groups excluding carboxylic acids is 1. The lowest BCUT2D eigenvalue weighted by Gasteiger charge is -2.12. The molecule has 0 aliphatic rings. The molecule has 4 heteroatoms. The molecule has 2 N–H and O–H groups in total. The Bertz CT molecular complexity index is 412. The maximum absolute atomic E-state index is 11.2. The van der Waals surface area contributed by atoms with Gasteiger partial charge in [-0.2, -0.15) is 0 Å². The van der Waals surface area contributed by atoms with Crippen molar-refractivity contribution in [1.29, 1.82) is 0 Å². The second kappa shape index (κ2) is 6.48. The van der Waals surface area contributed by atoms with Gasteiger partial charge in [0.15, 0.2) is 0 Å². The summed E-state index contributed by atoms with van der Waals surface area (Å²) >= 11 is 0. The fourth-order valence-electron chi connectivity index (χ4n) is 1.45. The summed E-state index contributed by atoms with van der Waals surface area (Å²) in [4.78, 5) is 22.3. The summed E-state index contributed by atoms with van der Waals surface area (Å²) in [5.74, 6) is -1.95. The third kappa shape index (κ3) is 4.10. The molecule has 1 atom stereocenters. The van der Waals surface area contributed by atoms with Crippen molar-refractivity contribution in [2.75, 3.05) is 6.54 Å². The van der Waals surface area contributed by atoms with Crippen LogP contribution >= 0.6 is 0 Å². The molecule has 0 radical (unpaired) electrons. The Balaban J connectivity index is 2.69. The van der Waals surface area contributed by atoms with Gasteiger partial charge in [0.05, 0.1) is 5.92 Å². The number of aliphatic carboxylic acids is 1. The lowest BCUT2D eigenvalue weighted by molar-refractivity contribution is -0.138. The quantitative estimate of drug-likeness (QED) is 0.758. The number of nitrogens with one attached hydrogen (secondary N) is 1. The highest BCUT2D eigenvalue weighted by atomic mass is 16.4. The van der Waals surface area contributed by atoms with E-state index in [1.54, 1.807) is 37.3 Å². The zero-order valence-electron chi connectivity index (χ0n) is 9.59. The van der Waals surface area contributed by atoms with E-state index in [9.17, 15) is 9.59 Å². The molecule has 0 bridgehead atoms. The molecule has 4 nitrogen and oxygen atoms in total. The molecule has 1 rings (SSSR count). The number of carbonyl (C=O) groups is 2. The van der Waals surface area contributed by atoms with Gasteiger partial charge >= 0.3 is 5.97 Å². The standard InChI is InChI=1S/C13H15NO3/c1-2-6-12(15)14-9-11(13(16)17)10-7-4-3-5-8-10/h2-8,11H,9H2,1H3,(H,14,15)(H,16,17). The molecule has 1 aromatic rings. The van der Waals surface area contributed by atoms with Crippen LogP contribution < -0.4 is 5.32 Å². The number of carboxylic acid groups (broad SMARTS) is 1. The first kappa shape index (κ1) is 13.0.